The zero-order chi connectivity index (χ0) is 19.2. The SMILES string of the molecule is COc1cccc2c1C(=O)c1c(O)c3c(c(O)c1C2=O)C[C@]1(O)C[C@H]3C1C. The van der Waals surface area contributed by atoms with Crippen molar-refractivity contribution < 1.29 is 29.6 Å². The third kappa shape index (κ3) is 1.74. The Bertz CT molecular complexity index is 1070. The third-order valence-corrected chi connectivity index (χ3v) is 6.64. The van der Waals surface area contributed by atoms with E-state index in [1.54, 1.807) is 12.1 Å². The molecule has 1 fully saturated rings. The number of ether oxygens (including phenoxy) is 1. The predicted octanol–water partition coefficient (Wildman–Crippen LogP) is 2.29. The van der Waals surface area contributed by atoms with Crippen LogP contribution in [0.2, 0.25) is 0 Å². The van der Waals surface area contributed by atoms with Crippen LogP contribution in [0.15, 0.2) is 18.2 Å². The van der Waals surface area contributed by atoms with E-state index in [4.69, 9.17) is 4.74 Å². The summed E-state index contributed by atoms with van der Waals surface area (Å²) in [4.78, 5) is 26.3. The molecule has 4 aliphatic rings. The van der Waals surface area contributed by atoms with Crippen molar-refractivity contribution in [1.29, 1.82) is 0 Å². The van der Waals surface area contributed by atoms with Crippen molar-refractivity contribution >= 4 is 11.6 Å². The van der Waals surface area contributed by atoms with Crippen LogP contribution in [-0.4, -0.2) is 39.6 Å². The van der Waals surface area contributed by atoms with Gasteiger partial charge in [0.2, 0.25) is 5.78 Å². The molecular weight excluding hydrogens is 348 g/mol. The monoisotopic (exact) mass is 366 g/mol. The molecule has 0 aliphatic heterocycles. The topological polar surface area (TPSA) is 104 Å². The summed E-state index contributed by atoms with van der Waals surface area (Å²) in [6.45, 7) is 1.89. The lowest BCUT2D eigenvalue weighted by atomic mass is 9.52. The Balaban J connectivity index is 1.83. The fraction of sp³-hybridized carbons (Fsp3) is 0.333. The standard InChI is InChI=1S/C21H18O6/c1-8-10-6-21(8,26)7-11-13(10)19(24)16-15(18(11)23)17(22)9-4-3-5-12(27-2)14(9)20(16)25/h3-5,8,10,23-24,26H,6-7H2,1-2H3/t8?,10-,21+/m0/s1. The molecule has 0 aromatic heterocycles. The molecule has 0 saturated heterocycles. The molecule has 6 nitrogen and oxygen atoms in total. The molecule has 0 amide bonds. The molecule has 6 heteroatoms. The Morgan fingerprint density at radius 3 is 2.44 bits per heavy atom. The highest BCUT2D eigenvalue weighted by atomic mass is 16.5. The fourth-order valence-electron chi connectivity index (χ4n) is 5.05. The van der Waals surface area contributed by atoms with Crippen LogP contribution in [0, 0.1) is 5.92 Å². The smallest absolute Gasteiger partial charge is 0.202 e. The number of aromatic hydroxyl groups is 2. The first-order chi connectivity index (χ1) is 12.8. The second-order valence-electron chi connectivity index (χ2n) is 7.76. The van der Waals surface area contributed by atoms with E-state index in [1.807, 2.05) is 6.92 Å². The molecule has 27 heavy (non-hydrogen) atoms. The summed E-state index contributed by atoms with van der Waals surface area (Å²) in [6.07, 6.45) is 0.619. The molecule has 1 saturated carbocycles. The van der Waals surface area contributed by atoms with Crippen molar-refractivity contribution in [1.82, 2.24) is 0 Å². The molecule has 0 spiro atoms. The molecule has 2 aromatic carbocycles. The number of aliphatic hydroxyl groups is 1. The number of rotatable bonds is 1. The van der Waals surface area contributed by atoms with Crippen LogP contribution in [0.3, 0.4) is 0 Å². The van der Waals surface area contributed by atoms with Gasteiger partial charge in [-0.2, -0.15) is 0 Å². The maximum absolute atomic E-state index is 13.2. The molecule has 4 aliphatic carbocycles. The fourth-order valence-corrected chi connectivity index (χ4v) is 5.05. The van der Waals surface area contributed by atoms with Crippen molar-refractivity contribution in [2.45, 2.75) is 31.3 Å². The maximum Gasteiger partial charge on any atom is 0.202 e. The number of methoxy groups -OCH3 is 1. The summed E-state index contributed by atoms with van der Waals surface area (Å²) in [5, 5.41) is 32.5. The van der Waals surface area contributed by atoms with Gasteiger partial charge in [-0.25, -0.2) is 0 Å². The van der Waals surface area contributed by atoms with Crippen LogP contribution < -0.4 is 4.74 Å². The van der Waals surface area contributed by atoms with Gasteiger partial charge >= 0.3 is 0 Å². The number of hydrogen-bond donors (Lipinski definition) is 3. The number of hydrogen-bond acceptors (Lipinski definition) is 6. The van der Waals surface area contributed by atoms with Crippen molar-refractivity contribution in [3.63, 3.8) is 0 Å². The highest BCUT2D eigenvalue weighted by molar-refractivity contribution is 6.31. The van der Waals surface area contributed by atoms with Crippen molar-refractivity contribution in [2.75, 3.05) is 7.11 Å². The second-order valence-corrected chi connectivity index (χ2v) is 7.76. The van der Waals surface area contributed by atoms with Gasteiger partial charge in [-0.1, -0.05) is 19.1 Å². The Labute approximate surface area is 155 Å². The molecule has 1 unspecified atom stereocenters. The van der Waals surface area contributed by atoms with Crippen LogP contribution in [-0.2, 0) is 6.42 Å². The van der Waals surface area contributed by atoms with Gasteiger partial charge < -0.3 is 20.1 Å². The van der Waals surface area contributed by atoms with Gasteiger partial charge in [0.25, 0.3) is 0 Å². The largest absolute Gasteiger partial charge is 0.507 e. The van der Waals surface area contributed by atoms with E-state index >= 15 is 0 Å². The molecule has 2 aromatic rings. The minimum atomic E-state index is -0.946. The van der Waals surface area contributed by atoms with Crippen molar-refractivity contribution in [3.05, 3.63) is 51.6 Å². The second kappa shape index (κ2) is 4.89. The van der Waals surface area contributed by atoms with Gasteiger partial charge in [-0.15, -0.1) is 0 Å². The number of phenolic OH excluding ortho intramolecular Hbond substituents is 2. The third-order valence-electron chi connectivity index (χ3n) is 6.64. The minimum Gasteiger partial charge on any atom is -0.507 e. The molecular formula is C21H18O6. The van der Waals surface area contributed by atoms with E-state index in [0.29, 0.717) is 17.5 Å². The zero-order valence-corrected chi connectivity index (χ0v) is 14.9. The maximum atomic E-state index is 13.2. The van der Waals surface area contributed by atoms with Gasteiger partial charge in [0.05, 0.1) is 29.4 Å². The van der Waals surface area contributed by atoms with Crippen molar-refractivity contribution in [3.8, 4) is 17.2 Å². The summed E-state index contributed by atoms with van der Waals surface area (Å²) in [7, 11) is 1.41. The Morgan fingerprint density at radius 2 is 1.78 bits per heavy atom. The average molecular weight is 366 g/mol. The molecule has 6 rings (SSSR count). The van der Waals surface area contributed by atoms with Gasteiger partial charge in [-0.05, 0) is 24.3 Å². The van der Waals surface area contributed by atoms with Crippen LogP contribution in [0.4, 0.5) is 0 Å². The van der Waals surface area contributed by atoms with Gasteiger partial charge in [0.1, 0.15) is 17.2 Å². The Morgan fingerprint density at radius 1 is 1.07 bits per heavy atom. The highest BCUT2D eigenvalue weighted by Crippen LogP contribution is 2.62. The number of carbonyl (C=O) groups is 2. The summed E-state index contributed by atoms with van der Waals surface area (Å²) in [6, 6.07) is 4.69. The number of carbonyl (C=O) groups excluding carboxylic acids is 2. The Kier molecular flexibility index (Phi) is 2.96. The number of fused-ring (bicyclic) bond motifs is 2. The molecule has 2 bridgehead atoms. The lowest BCUT2D eigenvalue weighted by molar-refractivity contribution is -0.114. The number of benzene rings is 2. The van der Waals surface area contributed by atoms with Gasteiger partial charge in [0, 0.05) is 23.1 Å². The zero-order valence-electron chi connectivity index (χ0n) is 14.9. The first-order valence-electron chi connectivity index (χ1n) is 8.89. The first kappa shape index (κ1) is 16.3. The average Bonchev–Trinajstić information content (AvgIpc) is 2.67. The van der Waals surface area contributed by atoms with E-state index in [2.05, 4.69) is 0 Å². The minimum absolute atomic E-state index is 0.0930. The van der Waals surface area contributed by atoms with Crippen LogP contribution in [0.5, 0.6) is 17.2 Å². The first-order valence-corrected chi connectivity index (χ1v) is 8.89. The summed E-state index contributed by atoms with van der Waals surface area (Å²) in [5.41, 5.74) is -0.216. The Hall–Kier alpha value is -2.86. The summed E-state index contributed by atoms with van der Waals surface area (Å²) < 4.78 is 5.24. The van der Waals surface area contributed by atoms with Crippen LogP contribution >= 0.6 is 0 Å². The number of ketones is 2. The summed E-state index contributed by atoms with van der Waals surface area (Å²) >= 11 is 0. The summed E-state index contributed by atoms with van der Waals surface area (Å²) in [5.74, 6) is -1.64. The lowest BCUT2D eigenvalue weighted by Crippen LogP contribution is -2.56. The molecule has 0 radical (unpaired) electrons. The van der Waals surface area contributed by atoms with Crippen LogP contribution in [0.1, 0.15) is 62.2 Å². The molecule has 3 atom stereocenters. The van der Waals surface area contributed by atoms with E-state index in [-0.39, 0.29) is 57.8 Å². The van der Waals surface area contributed by atoms with E-state index in [9.17, 15) is 24.9 Å². The van der Waals surface area contributed by atoms with Gasteiger partial charge in [0.15, 0.2) is 5.78 Å². The van der Waals surface area contributed by atoms with Gasteiger partial charge in [-0.3, -0.25) is 9.59 Å². The normalized spacial score (nSPS) is 27.4. The molecule has 3 N–H and O–H groups in total. The van der Waals surface area contributed by atoms with Crippen LogP contribution in [0.25, 0.3) is 0 Å². The molecule has 0 heterocycles. The van der Waals surface area contributed by atoms with E-state index < -0.39 is 17.2 Å². The van der Waals surface area contributed by atoms with Crippen molar-refractivity contribution in [2.24, 2.45) is 5.92 Å². The van der Waals surface area contributed by atoms with E-state index in [0.717, 1.165) is 0 Å². The predicted molar refractivity (Wildman–Crippen MR) is 94.8 cm³/mol. The quantitative estimate of drug-likeness (QED) is 0.571. The lowest BCUT2D eigenvalue weighted by Gasteiger charge is -2.55. The molecule has 138 valence electrons. The van der Waals surface area contributed by atoms with E-state index in [1.165, 1.54) is 13.2 Å². The highest BCUT2D eigenvalue weighted by Gasteiger charge is 2.57. The number of phenols is 2.